The van der Waals surface area contributed by atoms with E-state index in [4.69, 9.17) is 4.74 Å². The zero-order valence-corrected chi connectivity index (χ0v) is 17.4. The summed E-state index contributed by atoms with van der Waals surface area (Å²) < 4.78 is 5.43. The van der Waals surface area contributed by atoms with Crippen molar-refractivity contribution in [2.45, 2.75) is 6.92 Å². The highest BCUT2D eigenvalue weighted by molar-refractivity contribution is 5.89. The first-order valence-electron chi connectivity index (χ1n) is 10.2. The third-order valence-corrected chi connectivity index (χ3v) is 4.88. The minimum absolute atomic E-state index is 0.107. The number of carbonyl (C=O) groups excluding carboxylic acids is 1. The third kappa shape index (κ3) is 5.39. The van der Waals surface area contributed by atoms with Gasteiger partial charge in [-0.1, -0.05) is 6.07 Å². The maximum atomic E-state index is 12.6. The van der Waals surface area contributed by atoms with Gasteiger partial charge in [0.2, 0.25) is 0 Å². The number of urea groups is 1. The minimum atomic E-state index is -0.107. The molecule has 1 saturated heterocycles. The van der Waals surface area contributed by atoms with E-state index in [0.29, 0.717) is 38.6 Å². The molecule has 0 spiro atoms. The van der Waals surface area contributed by atoms with E-state index in [9.17, 15) is 4.79 Å². The molecule has 4 rings (SSSR count). The van der Waals surface area contributed by atoms with Crippen LogP contribution in [0.1, 0.15) is 6.92 Å². The van der Waals surface area contributed by atoms with E-state index in [2.05, 4.69) is 30.5 Å². The zero-order chi connectivity index (χ0) is 21.5. The highest BCUT2D eigenvalue weighted by atomic mass is 16.5. The first-order chi connectivity index (χ1) is 15.2. The molecule has 9 heteroatoms. The predicted octanol–water partition coefficient (Wildman–Crippen LogP) is 3.37. The summed E-state index contributed by atoms with van der Waals surface area (Å²) in [6.45, 7) is 5.15. The van der Waals surface area contributed by atoms with Crippen molar-refractivity contribution in [1.82, 2.24) is 19.9 Å². The van der Waals surface area contributed by atoms with E-state index in [1.807, 2.05) is 55.5 Å². The number of hydrogen-bond donors (Lipinski definition) is 2. The number of rotatable bonds is 6. The average Bonchev–Trinajstić information content (AvgIpc) is 2.81. The Morgan fingerprint density at radius 1 is 1.00 bits per heavy atom. The average molecular weight is 419 g/mol. The molecule has 0 radical (unpaired) electrons. The summed E-state index contributed by atoms with van der Waals surface area (Å²) in [5.41, 5.74) is 0.747. The lowest BCUT2D eigenvalue weighted by molar-refractivity contribution is 0.208. The van der Waals surface area contributed by atoms with Crippen molar-refractivity contribution in [2.24, 2.45) is 0 Å². The molecule has 31 heavy (non-hydrogen) atoms. The zero-order valence-electron chi connectivity index (χ0n) is 17.4. The summed E-state index contributed by atoms with van der Waals surface area (Å²) in [6, 6.07) is 14.8. The molecule has 2 N–H and O–H groups in total. The van der Waals surface area contributed by atoms with Gasteiger partial charge >= 0.3 is 6.03 Å². The van der Waals surface area contributed by atoms with Gasteiger partial charge in [0.15, 0.2) is 0 Å². The Bertz CT molecular complexity index is 990. The van der Waals surface area contributed by atoms with Crippen molar-refractivity contribution < 1.29 is 9.53 Å². The molecule has 1 aromatic carbocycles. The number of hydrogen-bond acceptors (Lipinski definition) is 7. The van der Waals surface area contributed by atoms with Crippen LogP contribution in [-0.4, -0.2) is 58.7 Å². The van der Waals surface area contributed by atoms with Gasteiger partial charge in [-0.05, 0) is 43.3 Å². The molecule has 0 aliphatic carbocycles. The summed E-state index contributed by atoms with van der Waals surface area (Å²) in [7, 11) is 0. The second-order valence-corrected chi connectivity index (χ2v) is 6.96. The van der Waals surface area contributed by atoms with Crippen LogP contribution in [0.25, 0.3) is 0 Å². The standard InChI is InChI=1S/C22H25N7O2/c1-2-31-18-8-6-17(7-9-18)26-22(30)29-13-11-28(12-14-29)21-15-20(24-16-25-21)27-19-5-3-4-10-23-19/h3-10,15-16H,2,11-14H2,1H3,(H,26,30)(H,23,24,25,27). The van der Waals surface area contributed by atoms with Gasteiger partial charge in [0.1, 0.15) is 29.5 Å². The van der Waals surface area contributed by atoms with Gasteiger partial charge in [0, 0.05) is 44.1 Å². The van der Waals surface area contributed by atoms with Crippen molar-refractivity contribution in [3.05, 3.63) is 61.1 Å². The second-order valence-electron chi connectivity index (χ2n) is 6.96. The minimum Gasteiger partial charge on any atom is -0.494 e. The SMILES string of the molecule is CCOc1ccc(NC(=O)N2CCN(c3cc(Nc4ccccn4)ncn3)CC2)cc1. The highest BCUT2D eigenvalue weighted by Gasteiger charge is 2.22. The number of benzene rings is 1. The van der Waals surface area contributed by atoms with E-state index in [1.54, 1.807) is 11.1 Å². The van der Waals surface area contributed by atoms with E-state index in [0.717, 1.165) is 23.1 Å². The predicted molar refractivity (Wildman–Crippen MR) is 120 cm³/mol. The Morgan fingerprint density at radius 2 is 1.81 bits per heavy atom. The Kier molecular flexibility index (Phi) is 6.41. The van der Waals surface area contributed by atoms with Gasteiger partial charge < -0.3 is 25.2 Å². The number of nitrogens with zero attached hydrogens (tertiary/aromatic N) is 5. The normalized spacial score (nSPS) is 13.6. The fraction of sp³-hybridized carbons (Fsp3) is 0.273. The smallest absolute Gasteiger partial charge is 0.321 e. The molecule has 1 aliphatic heterocycles. The molecule has 2 amide bonds. The van der Waals surface area contributed by atoms with Crippen LogP contribution in [0.15, 0.2) is 61.1 Å². The summed E-state index contributed by atoms with van der Waals surface area (Å²) in [5.74, 6) is 3.01. The van der Waals surface area contributed by atoms with Crippen LogP contribution in [0.5, 0.6) is 5.75 Å². The highest BCUT2D eigenvalue weighted by Crippen LogP contribution is 2.20. The van der Waals surface area contributed by atoms with Gasteiger partial charge in [-0.3, -0.25) is 0 Å². The van der Waals surface area contributed by atoms with Crippen LogP contribution in [0.2, 0.25) is 0 Å². The molecule has 3 heterocycles. The van der Waals surface area contributed by atoms with Gasteiger partial charge in [-0.2, -0.15) is 0 Å². The lowest BCUT2D eigenvalue weighted by Crippen LogP contribution is -2.50. The molecule has 0 saturated carbocycles. The molecule has 0 atom stereocenters. The van der Waals surface area contributed by atoms with Crippen LogP contribution in [0.3, 0.4) is 0 Å². The fourth-order valence-electron chi connectivity index (χ4n) is 3.30. The lowest BCUT2D eigenvalue weighted by Gasteiger charge is -2.35. The first kappa shape index (κ1) is 20.4. The summed E-state index contributed by atoms with van der Waals surface area (Å²) in [4.78, 5) is 29.5. The Balaban J connectivity index is 1.31. The van der Waals surface area contributed by atoms with Gasteiger partial charge in [0.05, 0.1) is 6.61 Å². The first-order valence-corrected chi connectivity index (χ1v) is 10.2. The fourth-order valence-corrected chi connectivity index (χ4v) is 3.30. The Morgan fingerprint density at radius 3 is 2.52 bits per heavy atom. The number of ether oxygens (including phenoxy) is 1. The quantitative estimate of drug-likeness (QED) is 0.632. The number of aromatic nitrogens is 3. The number of amides is 2. The molecule has 1 aliphatic rings. The summed E-state index contributed by atoms with van der Waals surface area (Å²) >= 11 is 0. The monoisotopic (exact) mass is 419 g/mol. The number of anilines is 4. The summed E-state index contributed by atoms with van der Waals surface area (Å²) in [6.07, 6.45) is 3.26. The van der Waals surface area contributed by atoms with Crippen LogP contribution < -0.4 is 20.3 Å². The molecular weight excluding hydrogens is 394 g/mol. The van der Waals surface area contributed by atoms with Crippen LogP contribution in [0, 0.1) is 0 Å². The van der Waals surface area contributed by atoms with Crippen molar-refractivity contribution >= 4 is 29.2 Å². The lowest BCUT2D eigenvalue weighted by atomic mass is 10.3. The Labute approximate surface area is 181 Å². The van der Waals surface area contributed by atoms with Crippen molar-refractivity contribution in [3.63, 3.8) is 0 Å². The number of piperazine rings is 1. The second kappa shape index (κ2) is 9.75. The molecule has 3 aromatic rings. The number of nitrogens with one attached hydrogen (secondary N) is 2. The molecule has 160 valence electrons. The van der Waals surface area contributed by atoms with Crippen LogP contribution in [-0.2, 0) is 0 Å². The van der Waals surface area contributed by atoms with Gasteiger partial charge in [-0.25, -0.2) is 19.7 Å². The van der Waals surface area contributed by atoms with Crippen molar-refractivity contribution in [1.29, 1.82) is 0 Å². The van der Waals surface area contributed by atoms with E-state index >= 15 is 0 Å². The molecule has 0 unspecified atom stereocenters. The van der Waals surface area contributed by atoms with Crippen LogP contribution >= 0.6 is 0 Å². The van der Waals surface area contributed by atoms with Gasteiger partial charge in [-0.15, -0.1) is 0 Å². The third-order valence-electron chi connectivity index (χ3n) is 4.88. The van der Waals surface area contributed by atoms with E-state index in [1.165, 1.54) is 6.33 Å². The van der Waals surface area contributed by atoms with E-state index in [-0.39, 0.29) is 6.03 Å². The number of pyridine rings is 1. The maximum absolute atomic E-state index is 12.6. The Hall–Kier alpha value is -3.88. The van der Waals surface area contributed by atoms with Crippen molar-refractivity contribution in [2.75, 3.05) is 48.3 Å². The van der Waals surface area contributed by atoms with Crippen LogP contribution in [0.4, 0.5) is 27.9 Å². The largest absolute Gasteiger partial charge is 0.494 e. The molecule has 2 aromatic heterocycles. The molecule has 9 nitrogen and oxygen atoms in total. The van der Waals surface area contributed by atoms with E-state index < -0.39 is 0 Å². The topological polar surface area (TPSA) is 95.5 Å². The summed E-state index contributed by atoms with van der Waals surface area (Å²) in [5, 5.41) is 6.12. The molecule has 0 bridgehead atoms. The van der Waals surface area contributed by atoms with Gasteiger partial charge in [0.25, 0.3) is 0 Å². The number of carbonyl (C=O) groups is 1. The maximum Gasteiger partial charge on any atom is 0.321 e. The molecule has 1 fully saturated rings. The molecular formula is C22H25N7O2. The van der Waals surface area contributed by atoms with Crippen molar-refractivity contribution in [3.8, 4) is 5.75 Å².